The molecule has 10 nitrogen and oxygen atoms in total. The molecule has 3 N–H and O–H groups in total. The van der Waals surface area contributed by atoms with Crippen molar-refractivity contribution in [3.8, 4) is 0 Å². The van der Waals surface area contributed by atoms with Crippen LogP contribution in [0.1, 0.15) is 12.0 Å². The molecule has 1 aliphatic rings. The fraction of sp³-hybridized carbons (Fsp3) is 0.636. The molecule has 1 aliphatic heterocycles. The minimum atomic E-state index is -1.44. The number of aromatic nitrogens is 2. The van der Waals surface area contributed by atoms with Crippen molar-refractivity contribution in [2.45, 2.75) is 31.3 Å². The summed E-state index contributed by atoms with van der Waals surface area (Å²) in [4.78, 5) is 28.2. The van der Waals surface area contributed by atoms with Gasteiger partial charge >= 0.3 is 5.69 Å². The van der Waals surface area contributed by atoms with E-state index in [1.165, 1.54) is 13.1 Å². The highest BCUT2D eigenvalue weighted by Gasteiger charge is 2.47. The molecule has 3 atom stereocenters. The van der Waals surface area contributed by atoms with Crippen molar-refractivity contribution in [2.24, 2.45) is 5.11 Å². The standard InChI is InChI=1S/C11H15N5O5/c1-6-3-16(10(20)14-9(6)19)11(5-13-15-12)2-7(18)8(4-17)21-11/h3,7-8,17-18H,2,4-5H2,1H3,(H,14,19,20)/t7-,8+,11-/m0/s1. The molecule has 1 saturated heterocycles. The van der Waals surface area contributed by atoms with Crippen molar-refractivity contribution in [1.29, 1.82) is 0 Å². The molecule has 0 amide bonds. The van der Waals surface area contributed by atoms with Crippen molar-refractivity contribution in [3.05, 3.63) is 43.0 Å². The molecular weight excluding hydrogens is 282 g/mol. The van der Waals surface area contributed by atoms with Crippen molar-refractivity contribution in [3.63, 3.8) is 0 Å². The van der Waals surface area contributed by atoms with Crippen molar-refractivity contribution in [2.75, 3.05) is 13.2 Å². The van der Waals surface area contributed by atoms with Gasteiger partial charge in [0.25, 0.3) is 5.56 Å². The fourth-order valence-electron chi connectivity index (χ4n) is 2.37. The van der Waals surface area contributed by atoms with E-state index in [4.69, 9.17) is 10.3 Å². The van der Waals surface area contributed by atoms with E-state index in [2.05, 4.69) is 15.0 Å². The molecule has 0 unspecified atom stereocenters. The topological polar surface area (TPSA) is 153 Å². The number of H-pyrrole nitrogens is 1. The highest BCUT2D eigenvalue weighted by molar-refractivity contribution is 5.05. The lowest BCUT2D eigenvalue weighted by atomic mass is 10.1. The Bertz CT molecular complexity index is 691. The highest BCUT2D eigenvalue weighted by atomic mass is 16.6. The van der Waals surface area contributed by atoms with Gasteiger partial charge in [0.2, 0.25) is 0 Å². The van der Waals surface area contributed by atoms with Crippen molar-refractivity contribution < 1.29 is 14.9 Å². The van der Waals surface area contributed by atoms with Gasteiger partial charge in [0.05, 0.1) is 19.3 Å². The molecule has 0 saturated carbocycles. The summed E-state index contributed by atoms with van der Waals surface area (Å²) < 4.78 is 6.63. The van der Waals surface area contributed by atoms with Gasteiger partial charge in [0.1, 0.15) is 6.10 Å². The molecule has 21 heavy (non-hydrogen) atoms. The normalized spacial score (nSPS) is 28.3. The first-order chi connectivity index (χ1) is 9.93. The van der Waals surface area contributed by atoms with Crippen LogP contribution in [0.5, 0.6) is 0 Å². The number of aliphatic hydroxyl groups excluding tert-OH is 2. The van der Waals surface area contributed by atoms with Crippen LogP contribution in [0, 0.1) is 6.92 Å². The molecule has 1 aromatic rings. The monoisotopic (exact) mass is 297 g/mol. The molecule has 0 spiro atoms. The third-order valence-electron chi connectivity index (χ3n) is 3.45. The van der Waals surface area contributed by atoms with E-state index in [9.17, 15) is 19.8 Å². The number of hydrogen-bond acceptors (Lipinski definition) is 6. The zero-order valence-electron chi connectivity index (χ0n) is 11.3. The molecule has 0 aromatic carbocycles. The summed E-state index contributed by atoms with van der Waals surface area (Å²) in [6.45, 7) is 0.795. The van der Waals surface area contributed by atoms with Gasteiger partial charge in [-0.05, 0) is 12.5 Å². The molecule has 0 aliphatic carbocycles. The Morgan fingerprint density at radius 2 is 2.38 bits per heavy atom. The second-order valence-electron chi connectivity index (χ2n) is 4.89. The van der Waals surface area contributed by atoms with Gasteiger partial charge in [-0.1, -0.05) is 5.11 Å². The number of ether oxygens (including phenoxy) is 1. The van der Waals surface area contributed by atoms with E-state index in [-0.39, 0.29) is 18.5 Å². The Morgan fingerprint density at radius 1 is 1.67 bits per heavy atom. The average molecular weight is 297 g/mol. The highest BCUT2D eigenvalue weighted by Crippen LogP contribution is 2.34. The molecule has 1 fully saturated rings. The second kappa shape index (κ2) is 5.70. The van der Waals surface area contributed by atoms with Gasteiger partial charge in [-0.2, -0.15) is 0 Å². The maximum absolute atomic E-state index is 12.0. The van der Waals surface area contributed by atoms with Crippen molar-refractivity contribution in [1.82, 2.24) is 9.55 Å². The lowest BCUT2D eigenvalue weighted by Gasteiger charge is -2.29. The van der Waals surface area contributed by atoms with E-state index in [1.807, 2.05) is 0 Å². The van der Waals surface area contributed by atoms with Crippen LogP contribution >= 0.6 is 0 Å². The van der Waals surface area contributed by atoms with Gasteiger partial charge in [-0.15, -0.1) is 0 Å². The number of rotatable bonds is 4. The molecular formula is C11H15N5O5. The van der Waals surface area contributed by atoms with Gasteiger partial charge in [-0.3, -0.25) is 14.3 Å². The number of azide groups is 1. The van der Waals surface area contributed by atoms with Gasteiger partial charge < -0.3 is 14.9 Å². The molecule has 2 heterocycles. The van der Waals surface area contributed by atoms with Crippen molar-refractivity contribution >= 4 is 0 Å². The summed E-state index contributed by atoms with van der Waals surface area (Å²) in [6, 6.07) is 0. The number of nitrogens with zero attached hydrogens (tertiary/aromatic N) is 4. The molecule has 114 valence electrons. The predicted molar refractivity (Wildman–Crippen MR) is 70.6 cm³/mol. The number of aryl methyl sites for hydroxylation is 1. The maximum Gasteiger partial charge on any atom is 0.330 e. The SMILES string of the molecule is Cc1cn([C@@]2(CN=[N+]=[N-])C[C@H](O)[C@@H](CO)O2)c(=O)[nH]c1=O. The number of nitrogens with one attached hydrogen (secondary N) is 1. The third kappa shape index (κ3) is 2.69. The Hall–Kier alpha value is -2.13. The number of aliphatic hydroxyl groups is 2. The van der Waals surface area contributed by atoms with E-state index in [0.29, 0.717) is 0 Å². The summed E-state index contributed by atoms with van der Waals surface area (Å²) >= 11 is 0. The molecule has 0 radical (unpaired) electrons. The lowest BCUT2D eigenvalue weighted by Crippen LogP contribution is -2.46. The van der Waals surface area contributed by atoms with Crippen LogP contribution in [0.25, 0.3) is 10.4 Å². The first-order valence-electron chi connectivity index (χ1n) is 6.24. The predicted octanol–water partition coefficient (Wildman–Crippen LogP) is -1.05. The Balaban J connectivity index is 2.57. The zero-order valence-corrected chi connectivity index (χ0v) is 11.3. The van der Waals surface area contributed by atoms with Gasteiger partial charge in [0, 0.05) is 23.1 Å². The Labute approximate surface area is 118 Å². The Morgan fingerprint density at radius 3 is 2.95 bits per heavy atom. The molecule has 2 rings (SSSR count). The lowest BCUT2D eigenvalue weighted by molar-refractivity contribution is -0.113. The van der Waals surface area contributed by atoms with Crippen LogP contribution in [0.3, 0.4) is 0 Å². The fourth-order valence-corrected chi connectivity index (χ4v) is 2.37. The number of aromatic amines is 1. The van der Waals surface area contributed by atoms with Crippen LogP contribution in [0.2, 0.25) is 0 Å². The van der Waals surface area contributed by atoms with E-state index in [1.54, 1.807) is 0 Å². The van der Waals surface area contributed by atoms with Crippen LogP contribution in [-0.2, 0) is 10.5 Å². The largest absolute Gasteiger partial charge is 0.394 e. The minimum absolute atomic E-state index is 0.0529. The van der Waals surface area contributed by atoms with Gasteiger partial charge in [0.15, 0.2) is 5.72 Å². The summed E-state index contributed by atoms with van der Waals surface area (Å²) in [5.41, 5.74) is 6.03. The first-order valence-corrected chi connectivity index (χ1v) is 6.24. The van der Waals surface area contributed by atoms with E-state index < -0.39 is 35.8 Å². The first kappa shape index (κ1) is 15.3. The smallest absolute Gasteiger partial charge is 0.330 e. The summed E-state index contributed by atoms with van der Waals surface area (Å²) in [5, 5.41) is 22.5. The second-order valence-corrected chi connectivity index (χ2v) is 4.89. The summed E-state index contributed by atoms with van der Waals surface area (Å²) in [7, 11) is 0. The van der Waals surface area contributed by atoms with E-state index >= 15 is 0 Å². The minimum Gasteiger partial charge on any atom is -0.394 e. The molecule has 0 bridgehead atoms. The molecule has 1 aromatic heterocycles. The quantitative estimate of drug-likeness (QED) is 0.367. The summed E-state index contributed by atoms with van der Waals surface area (Å²) in [6.07, 6.45) is -0.704. The van der Waals surface area contributed by atoms with Crippen LogP contribution in [0.15, 0.2) is 20.9 Å². The third-order valence-corrected chi connectivity index (χ3v) is 3.45. The average Bonchev–Trinajstić information content (AvgIpc) is 2.78. The van der Waals surface area contributed by atoms with Crippen LogP contribution < -0.4 is 11.2 Å². The summed E-state index contributed by atoms with van der Waals surface area (Å²) in [5.74, 6) is 0. The van der Waals surface area contributed by atoms with E-state index in [0.717, 1.165) is 4.57 Å². The number of hydrogen-bond donors (Lipinski definition) is 3. The van der Waals surface area contributed by atoms with Gasteiger partial charge in [-0.25, -0.2) is 4.79 Å². The molecule has 10 heteroatoms. The van der Waals surface area contributed by atoms with Crippen LogP contribution in [0.4, 0.5) is 0 Å². The zero-order chi connectivity index (χ0) is 15.6. The van der Waals surface area contributed by atoms with Crippen LogP contribution in [-0.4, -0.2) is 45.1 Å². The Kier molecular flexibility index (Phi) is 4.14. The maximum atomic E-state index is 12.0.